The molecule has 0 saturated carbocycles. The van der Waals surface area contributed by atoms with Crippen LogP contribution < -0.4 is 11.1 Å². The highest BCUT2D eigenvalue weighted by molar-refractivity contribution is 7.18. The number of thiazole rings is 1. The molecule has 0 spiro atoms. The Morgan fingerprint density at radius 1 is 1.24 bits per heavy atom. The van der Waals surface area contributed by atoms with Crippen molar-refractivity contribution < 1.29 is 4.79 Å². The van der Waals surface area contributed by atoms with Crippen LogP contribution in [0.1, 0.15) is 23.5 Å². The summed E-state index contributed by atoms with van der Waals surface area (Å²) in [7, 11) is 0. The number of carbonyl (C=O) groups is 1. The third-order valence-electron chi connectivity index (χ3n) is 3.14. The van der Waals surface area contributed by atoms with Crippen LogP contribution in [0.25, 0.3) is 10.2 Å². The topological polar surface area (TPSA) is 68.0 Å². The van der Waals surface area contributed by atoms with Gasteiger partial charge >= 0.3 is 0 Å². The van der Waals surface area contributed by atoms with Crippen molar-refractivity contribution in [2.75, 3.05) is 5.32 Å². The number of anilines is 1. The molecule has 1 atom stereocenters. The molecule has 1 unspecified atom stereocenters. The molecule has 1 heterocycles. The lowest BCUT2D eigenvalue weighted by Gasteiger charge is -2.10. The van der Waals surface area contributed by atoms with Gasteiger partial charge in [0.15, 0.2) is 0 Å². The normalized spacial score (nSPS) is 12.3. The van der Waals surface area contributed by atoms with E-state index in [0.717, 1.165) is 26.5 Å². The van der Waals surface area contributed by atoms with Gasteiger partial charge in [-0.25, -0.2) is 4.98 Å². The molecule has 0 bridgehead atoms. The number of rotatable bonds is 3. The van der Waals surface area contributed by atoms with E-state index < -0.39 is 0 Å². The highest BCUT2D eigenvalue weighted by Gasteiger charge is 2.14. The summed E-state index contributed by atoms with van der Waals surface area (Å²) in [4.78, 5) is 15.7. The van der Waals surface area contributed by atoms with E-state index in [-0.39, 0.29) is 11.9 Å². The maximum Gasteiger partial charge on any atom is 0.221 e. The average Bonchev–Trinajstić information content (AvgIpc) is 2.90. The van der Waals surface area contributed by atoms with Gasteiger partial charge in [-0.1, -0.05) is 24.3 Å². The number of carbonyl (C=O) groups excluding carboxylic acids is 1. The number of aromatic nitrogens is 1. The molecular weight excluding hydrogens is 282 g/mol. The molecule has 0 saturated heterocycles. The van der Waals surface area contributed by atoms with Crippen molar-refractivity contribution in [1.29, 1.82) is 0 Å². The first-order valence-corrected chi connectivity index (χ1v) is 7.44. The Bertz CT molecular complexity index is 764. The van der Waals surface area contributed by atoms with Crippen molar-refractivity contribution in [1.82, 2.24) is 4.98 Å². The van der Waals surface area contributed by atoms with Crippen molar-refractivity contribution in [3.05, 3.63) is 59.1 Å². The van der Waals surface area contributed by atoms with Crippen molar-refractivity contribution in [3.8, 4) is 0 Å². The number of hydrogen-bond donors (Lipinski definition) is 2. The van der Waals surface area contributed by atoms with Crippen LogP contribution >= 0.6 is 11.3 Å². The number of benzene rings is 2. The van der Waals surface area contributed by atoms with Crippen molar-refractivity contribution in [2.45, 2.75) is 13.0 Å². The Morgan fingerprint density at radius 3 is 2.81 bits per heavy atom. The SMILES string of the molecule is CC(=O)Nc1cccc(C(N)c2nc3ccccc3s2)c1. The van der Waals surface area contributed by atoms with E-state index in [1.807, 2.05) is 48.5 Å². The lowest BCUT2D eigenvalue weighted by Crippen LogP contribution is -2.12. The fourth-order valence-electron chi connectivity index (χ4n) is 2.18. The van der Waals surface area contributed by atoms with E-state index in [2.05, 4.69) is 10.3 Å². The molecule has 3 aromatic rings. The summed E-state index contributed by atoms with van der Waals surface area (Å²) in [5.41, 5.74) is 8.96. The Labute approximate surface area is 126 Å². The van der Waals surface area contributed by atoms with Crippen LogP contribution in [0.4, 0.5) is 5.69 Å². The minimum atomic E-state index is -0.295. The quantitative estimate of drug-likeness (QED) is 0.779. The van der Waals surface area contributed by atoms with Crippen molar-refractivity contribution in [3.63, 3.8) is 0 Å². The molecule has 21 heavy (non-hydrogen) atoms. The van der Waals surface area contributed by atoms with Crippen molar-refractivity contribution >= 4 is 33.1 Å². The molecular formula is C16H15N3OS. The number of para-hydroxylation sites is 1. The first-order valence-electron chi connectivity index (χ1n) is 6.62. The minimum absolute atomic E-state index is 0.0966. The third-order valence-corrected chi connectivity index (χ3v) is 4.26. The van der Waals surface area contributed by atoms with Gasteiger partial charge in [-0.3, -0.25) is 4.79 Å². The molecule has 4 nitrogen and oxygen atoms in total. The molecule has 5 heteroatoms. The number of hydrogen-bond acceptors (Lipinski definition) is 4. The summed E-state index contributed by atoms with van der Waals surface area (Å²) in [6, 6.07) is 15.2. The van der Waals surface area contributed by atoms with Gasteiger partial charge in [0, 0.05) is 12.6 Å². The largest absolute Gasteiger partial charge is 0.326 e. The molecule has 3 rings (SSSR count). The summed E-state index contributed by atoms with van der Waals surface area (Å²) in [6.45, 7) is 1.49. The molecule has 3 N–H and O–H groups in total. The number of fused-ring (bicyclic) bond motifs is 1. The lowest BCUT2D eigenvalue weighted by molar-refractivity contribution is -0.114. The van der Waals surface area contributed by atoms with Crippen LogP contribution in [0.5, 0.6) is 0 Å². The van der Waals surface area contributed by atoms with Crippen LogP contribution in [-0.2, 0) is 4.79 Å². The van der Waals surface area contributed by atoms with Gasteiger partial charge in [0.1, 0.15) is 5.01 Å². The summed E-state index contributed by atoms with van der Waals surface area (Å²) < 4.78 is 1.13. The molecule has 1 aromatic heterocycles. The van der Waals surface area contributed by atoms with E-state index in [9.17, 15) is 4.79 Å². The fraction of sp³-hybridized carbons (Fsp3) is 0.125. The van der Waals surface area contributed by atoms with Crippen molar-refractivity contribution in [2.24, 2.45) is 5.73 Å². The van der Waals surface area contributed by atoms with Gasteiger partial charge in [0.05, 0.1) is 16.3 Å². The first-order chi connectivity index (χ1) is 10.1. The molecule has 1 amide bonds. The van der Waals surface area contributed by atoms with Gasteiger partial charge in [0.25, 0.3) is 0 Å². The van der Waals surface area contributed by atoms with E-state index >= 15 is 0 Å². The smallest absolute Gasteiger partial charge is 0.221 e. The molecule has 0 fully saturated rings. The summed E-state index contributed by atoms with van der Waals surface area (Å²) in [6.07, 6.45) is 0. The monoisotopic (exact) mass is 297 g/mol. The van der Waals surface area contributed by atoms with E-state index in [1.54, 1.807) is 11.3 Å². The number of nitrogens with zero attached hydrogens (tertiary/aromatic N) is 1. The Kier molecular flexibility index (Phi) is 3.68. The van der Waals surface area contributed by atoms with E-state index in [1.165, 1.54) is 6.92 Å². The second-order valence-corrected chi connectivity index (χ2v) is 5.87. The van der Waals surface area contributed by atoms with Crippen LogP contribution in [0.3, 0.4) is 0 Å². The minimum Gasteiger partial charge on any atom is -0.326 e. The zero-order chi connectivity index (χ0) is 14.8. The van der Waals surface area contributed by atoms with Crippen LogP contribution in [0.15, 0.2) is 48.5 Å². The second kappa shape index (κ2) is 5.63. The maximum atomic E-state index is 11.1. The molecule has 106 valence electrons. The predicted molar refractivity (Wildman–Crippen MR) is 86.4 cm³/mol. The lowest BCUT2D eigenvalue weighted by atomic mass is 10.1. The van der Waals surface area contributed by atoms with E-state index in [0.29, 0.717) is 0 Å². The number of nitrogens with two attached hydrogens (primary N) is 1. The fourth-order valence-corrected chi connectivity index (χ4v) is 3.18. The van der Waals surface area contributed by atoms with Gasteiger partial charge in [-0.15, -0.1) is 11.3 Å². The Morgan fingerprint density at radius 2 is 2.05 bits per heavy atom. The summed E-state index contributed by atoms with van der Waals surface area (Å²) >= 11 is 1.60. The maximum absolute atomic E-state index is 11.1. The Hall–Kier alpha value is -2.24. The highest BCUT2D eigenvalue weighted by atomic mass is 32.1. The zero-order valence-electron chi connectivity index (χ0n) is 11.5. The van der Waals surface area contributed by atoms with Gasteiger partial charge in [-0.05, 0) is 29.8 Å². The van der Waals surface area contributed by atoms with Gasteiger partial charge in [0.2, 0.25) is 5.91 Å². The predicted octanol–water partition coefficient (Wildman–Crippen LogP) is 3.30. The van der Waals surface area contributed by atoms with Crippen LogP contribution in [0, 0.1) is 0 Å². The third kappa shape index (κ3) is 2.94. The molecule has 0 aliphatic carbocycles. The highest BCUT2D eigenvalue weighted by Crippen LogP contribution is 2.29. The van der Waals surface area contributed by atoms with E-state index in [4.69, 9.17) is 5.73 Å². The molecule has 2 aromatic carbocycles. The first kappa shape index (κ1) is 13.7. The van der Waals surface area contributed by atoms with Gasteiger partial charge < -0.3 is 11.1 Å². The molecule has 0 radical (unpaired) electrons. The summed E-state index contributed by atoms with van der Waals surface area (Å²) in [5, 5.41) is 3.64. The number of nitrogens with one attached hydrogen (secondary N) is 1. The van der Waals surface area contributed by atoms with Gasteiger partial charge in [-0.2, -0.15) is 0 Å². The second-order valence-electron chi connectivity index (χ2n) is 4.80. The Balaban J connectivity index is 1.93. The summed E-state index contributed by atoms with van der Waals surface area (Å²) in [5.74, 6) is -0.0966. The van der Waals surface area contributed by atoms with Crippen LogP contribution in [-0.4, -0.2) is 10.9 Å². The number of amides is 1. The van der Waals surface area contributed by atoms with Crippen LogP contribution in [0.2, 0.25) is 0 Å². The molecule has 0 aliphatic heterocycles. The zero-order valence-corrected chi connectivity index (χ0v) is 12.4. The average molecular weight is 297 g/mol. The standard InChI is InChI=1S/C16H15N3OS/c1-10(20)18-12-6-4-5-11(9-12)15(17)16-19-13-7-2-3-8-14(13)21-16/h2-9,15H,17H2,1H3,(H,18,20). The molecule has 0 aliphatic rings.